The number of likely N-dealkylation sites (N-methyl/N-ethyl adjacent to an activating group) is 1. The van der Waals surface area contributed by atoms with E-state index in [1.807, 2.05) is 7.05 Å². The molecule has 0 saturated heterocycles. The second kappa shape index (κ2) is 6.55. The fourth-order valence-corrected chi connectivity index (χ4v) is 2.02. The van der Waals surface area contributed by atoms with Crippen molar-refractivity contribution >= 4 is 5.97 Å². The van der Waals surface area contributed by atoms with E-state index in [9.17, 15) is 4.79 Å². The number of aliphatic carboxylic acids is 1. The van der Waals surface area contributed by atoms with Gasteiger partial charge >= 0.3 is 5.97 Å². The zero-order valence-electron chi connectivity index (χ0n) is 11.7. The predicted octanol–water partition coefficient (Wildman–Crippen LogP) is 2.50. The molecule has 0 amide bonds. The van der Waals surface area contributed by atoms with Crippen LogP contribution in [0.1, 0.15) is 23.6 Å². The Bertz CT molecular complexity index is 415. The van der Waals surface area contributed by atoms with Gasteiger partial charge in [0, 0.05) is 13.1 Å². The first-order chi connectivity index (χ1) is 8.40. The van der Waals surface area contributed by atoms with Crippen LogP contribution in [0.4, 0.5) is 0 Å². The molecule has 1 aromatic carbocycles. The van der Waals surface area contributed by atoms with Crippen LogP contribution in [0.25, 0.3) is 0 Å². The molecular formula is C15H23NO2. The van der Waals surface area contributed by atoms with E-state index in [1.165, 1.54) is 16.7 Å². The van der Waals surface area contributed by atoms with E-state index in [-0.39, 0.29) is 5.92 Å². The van der Waals surface area contributed by atoms with Gasteiger partial charge in [0.1, 0.15) is 0 Å². The van der Waals surface area contributed by atoms with Crippen molar-refractivity contribution in [2.75, 3.05) is 20.1 Å². The molecule has 0 fully saturated rings. The number of carboxylic acids is 1. The number of nitrogens with zero attached hydrogens (tertiary/aromatic N) is 1. The van der Waals surface area contributed by atoms with Gasteiger partial charge in [0.15, 0.2) is 0 Å². The van der Waals surface area contributed by atoms with Crippen molar-refractivity contribution < 1.29 is 9.90 Å². The van der Waals surface area contributed by atoms with Gasteiger partial charge in [-0.2, -0.15) is 0 Å². The Kier molecular flexibility index (Phi) is 5.35. The molecule has 0 heterocycles. The summed E-state index contributed by atoms with van der Waals surface area (Å²) in [6, 6.07) is 6.48. The molecule has 0 aliphatic carbocycles. The molecule has 3 heteroatoms. The van der Waals surface area contributed by atoms with Gasteiger partial charge < -0.3 is 10.0 Å². The van der Waals surface area contributed by atoms with Gasteiger partial charge in [-0.3, -0.25) is 4.79 Å². The number of benzene rings is 1. The second-order valence-corrected chi connectivity index (χ2v) is 5.18. The Hall–Kier alpha value is -1.35. The minimum atomic E-state index is -0.728. The van der Waals surface area contributed by atoms with Crippen LogP contribution in [0.2, 0.25) is 0 Å². The highest BCUT2D eigenvalue weighted by Crippen LogP contribution is 2.12. The number of hydrogen-bond acceptors (Lipinski definition) is 2. The normalized spacial score (nSPS) is 12.7. The summed E-state index contributed by atoms with van der Waals surface area (Å²) in [5.74, 6) is -1.04. The monoisotopic (exact) mass is 249 g/mol. The summed E-state index contributed by atoms with van der Waals surface area (Å²) in [4.78, 5) is 12.9. The third kappa shape index (κ3) is 4.49. The van der Waals surface area contributed by atoms with E-state index in [0.717, 1.165) is 13.0 Å². The molecule has 0 aliphatic rings. The van der Waals surface area contributed by atoms with E-state index in [0.29, 0.717) is 6.54 Å². The Labute approximate surface area is 109 Å². The molecule has 1 N–H and O–H groups in total. The van der Waals surface area contributed by atoms with E-state index in [2.05, 4.69) is 36.9 Å². The quantitative estimate of drug-likeness (QED) is 0.842. The SMILES string of the molecule is Cc1ccc(C)c(CCN(C)CC(C)C(=O)O)c1. The van der Waals surface area contributed by atoms with Crippen molar-refractivity contribution in [3.05, 3.63) is 34.9 Å². The van der Waals surface area contributed by atoms with Gasteiger partial charge in [-0.1, -0.05) is 30.7 Å². The fraction of sp³-hybridized carbons (Fsp3) is 0.533. The molecule has 1 unspecified atom stereocenters. The number of aryl methyl sites for hydroxylation is 2. The van der Waals surface area contributed by atoms with Crippen molar-refractivity contribution in [2.24, 2.45) is 5.92 Å². The third-order valence-electron chi connectivity index (χ3n) is 3.27. The van der Waals surface area contributed by atoms with Gasteiger partial charge in [-0.25, -0.2) is 0 Å². The molecule has 1 atom stereocenters. The predicted molar refractivity (Wildman–Crippen MR) is 73.9 cm³/mol. The van der Waals surface area contributed by atoms with Gasteiger partial charge in [0.05, 0.1) is 5.92 Å². The second-order valence-electron chi connectivity index (χ2n) is 5.18. The van der Waals surface area contributed by atoms with Crippen LogP contribution in [-0.2, 0) is 11.2 Å². The summed E-state index contributed by atoms with van der Waals surface area (Å²) in [6.07, 6.45) is 0.969. The highest BCUT2D eigenvalue weighted by molar-refractivity contribution is 5.69. The Morgan fingerprint density at radius 1 is 1.39 bits per heavy atom. The van der Waals surface area contributed by atoms with Crippen LogP contribution in [0, 0.1) is 19.8 Å². The fourth-order valence-electron chi connectivity index (χ4n) is 2.02. The molecule has 0 saturated carbocycles. The average molecular weight is 249 g/mol. The molecule has 100 valence electrons. The highest BCUT2D eigenvalue weighted by Gasteiger charge is 2.13. The molecule has 0 aliphatic heterocycles. The number of carboxylic acid groups (broad SMARTS) is 1. The van der Waals surface area contributed by atoms with Crippen LogP contribution >= 0.6 is 0 Å². The molecule has 0 spiro atoms. The van der Waals surface area contributed by atoms with Crippen molar-refractivity contribution in [1.82, 2.24) is 4.90 Å². The number of rotatable bonds is 6. The van der Waals surface area contributed by atoms with Crippen LogP contribution in [0.5, 0.6) is 0 Å². The van der Waals surface area contributed by atoms with Gasteiger partial charge in [0.25, 0.3) is 0 Å². The lowest BCUT2D eigenvalue weighted by molar-refractivity contribution is -0.141. The molecule has 0 radical (unpaired) electrons. The maximum Gasteiger partial charge on any atom is 0.307 e. The lowest BCUT2D eigenvalue weighted by Gasteiger charge is -2.19. The smallest absolute Gasteiger partial charge is 0.307 e. The molecule has 1 aromatic rings. The van der Waals surface area contributed by atoms with Gasteiger partial charge in [-0.15, -0.1) is 0 Å². The van der Waals surface area contributed by atoms with Crippen LogP contribution in [0.3, 0.4) is 0 Å². The molecule has 3 nitrogen and oxygen atoms in total. The lowest BCUT2D eigenvalue weighted by Crippen LogP contribution is -2.30. The molecule has 0 aromatic heterocycles. The Morgan fingerprint density at radius 3 is 2.67 bits per heavy atom. The molecule has 1 rings (SSSR count). The maximum absolute atomic E-state index is 10.8. The third-order valence-corrected chi connectivity index (χ3v) is 3.27. The van der Waals surface area contributed by atoms with Crippen molar-refractivity contribution in [1.29, 1.82) is 0 Å². The first-order valence-electron chi connectivity index (χ1n) is 6.37. The van der Waals surface area contributed by atoms with E-state index in [1.54, 1.807) is 6.92 Å². The van der Waals surface area contributed by atoms with Crippen molar-refractivity contribution in [2.45, 2.75) is 27.2 Å². The van der Waals surface area contributed by atoms with Gasteiger partial charge in [-0.05, 0) is 38.4 Å². The maximum atomic E-state index is 10.8. The molecule has 18 heavy (non-hydrogen) atoms. The first-order valence-corrected chi connectivity index (χ1v) is 6.37. The Morgan fingerprint density at radius 2 is 2.06 bits per heavy atom. The van der Waals surface area contributed by atoms with Crippen LogP contribution < -0.4 is 0 Å². The Balaban J connectivity index is 2.49. The molecule has 0 bridgehead atoms. The largest absolute Gasteiger partial charge is 0.481 e. The number of hydrogen-bond donors (Lipinski definition) is 1. The summed E-state index contributed by atoms with van der Waals surface area (Å²) in [5, 5.41) is 8.87. The van der Waals surface area contributed by atoms with Crippen molar-refractivity contribution in [3.8, 4) is 0 Å². The van der Waals surface area contributed by atoms with E-state index < -0.39 is 5.97 Å². The standard InChI is InChI=1S/C15H23NO2/c1-11-5-6-12(2)14(9-11)7-8-16(4)10-13(3)15(17)18/h5-6,9,13H,7-8,10H2,1-4H3,(H,17,18). The summed E-state index contributed by atoms with van der Waals surface area (Å²) in [5.41, 5.74) is 3.93. The minimum Gasteiger partial charge on any atom is -0.481 e. The zero-order chi connectivity index (χ0) is 13.7. The minimum absolute atomic E-state index is 0.311. The first kappa shape index (κ1) is 14.7. The summed E-state index contributed by atoms with van der Waals surface area (Å²) >= 11 is 0. The lowest BCUT2D eigenvalue weighted by atomic mass is 10.0. The van der Waals surface area contributed by atoms with Crippen LogP contribution in [-0.4, -0.2) is 36.1 Å². The van der Waals surface area contributed by atoms with E-state index >= 15 is 0 Å². The topological polar surface area (TPSA) is 40.5 Å². The highest BCUT2D eigenvalue weighted by atomic mass is 16.4. The summed E-state index contributed by atoms with van der Waals surface area (Å²) in [6.45, 7) is 7.45. The average Bonchev–Trinajstić information content (AvgIpc) is 2.30. The van der Waals surface area contributed by atoms with Gasteiger partial charge in [0.2, 0.25) is 0 Å². The number of carbonyl (C=O) groups is 1. The van der Waals surface area contributed by atoms with E-state index in [4.69, 9.17) is 5.11 Å². The summed E-state index contributed by atoms with van der Waals surface area (Å²) in [7, 11) is 1.98. The van der Waals surface area contributed by atoms with Crippen molar-refractivity contribution in [3.63, 3.8) is 0 Å². The van der Waals surface area contributed by atoms with Crippen LogP contribution in [0.15, 0.2) is 18.2 Å². The summed E-state index contributed by atoms with van der Waals surface area (Å²) < 4.78 is 0. The molecular weight excluding hydrogens is 226 g/mol. The zero-order valence-corrected chi connectivity index (χ0v) is 11.7.